The highest BCUT2D eigenvalue weighted by molar-refractivity contribution is 7.15. The highest BCUT2D eigenvalue weighted by Gasteiger charge is 2.27. The van der Waals surface area contributed by atoms with Gasteiger partial charge in [0.25, 0.3) is 0 Å². The molecule has 2 N–H and O–H groups in total. The summed E-state index contributed by atoms with van der Waals surface area (Å²) in [6, 6.07) is 7.61. The normalized spacial score (nSPS) is 17.8. The minimum Gasteiger partial charge on any atom is -0.375 e. The number of nitrogens with zero attached hydrogens (tertiary/aromatic N) is 2. The molecule has 0 amide bonds. The summed E-state index contributed by atoms with van der Waals surface area (Å²) in [6.07, 6.45) is 3.14. The Hall–Kier alpha value is -1.57. The summed E-state index contributed by atoms with van der Waals surface area (Å²) < 4.78 is 0. The molecule has 19 heavy (non-hydrogen) atoms. The fourth-order valence-corrected chi connectivity index (χ4v) is 3.96. The van der Waals surface area contributed by atoms with Crippen LogP contribution in [0.4, 0.5) is 5.13 Å². The van der Waals surface area contributed by atoms with Crippen molar-refractivity contribution in [1.82, 2.24) is 4.98 Å². The van der Waals surface area contributed by atoms with E-state index in [4.69, 9.17) is 22.6 Å². The van der Waals surface area contributed by atoms with E-state index in [1.807, 2.05) is 12.1 Å². The van der Waals surface area contributed by atoms with Gasteiger partial charge in [-0.3, -0.25) is 0 Å². The molecule has 0 saturated carbocycles. The molecule has 0 fully saturated rings. The Balaban J connectivity index is 2.06. The summed E-state index contributed by atoms with van der Waals surface area (Å²) in [7, 11) is 0. The van der Waals surface area contributed by atoms with Crippen molar-refractivity contribution in [1.29, 1.82) is 5.26 Å². The van der Waals surface area contributed by atoms with E-state index in [0.717, 1.165) is 30.5 Å². The van der Waals surface area contributed by atoms with Crippen LogP contribution in [0.1, 0.15) is 40.5 Å². The van der Waals surface area contributed by atoms with Crippen LogP contribution in [0.5, 0.6) is 0 Å². The topological polar surface area (TPSA) is 62.7 Å². The molecule has 0 bridgehead atoms. The largest absolute Gasteiger partial charge is 0.375 e. The number of hydrogen-bond donors (Lipinski definition) is 1. The number of thiazole rings is 1. The summed E-state index contributed by atoms with van der Waals surface area (Å²) in [5.74, 6) is 0.263. The maximum atomic E-state index is 8.89. The van der Waals surface area contributed by atoms with E-state index in [1.54, 1.807) is 17.4 Å². The van der Waals surface area contributed by atoms with Gasteiger partial charge in [0.05, 0.1) is 17.3 Å². The molecule has 1 aromatic carbocycles. The van der Waals surface area contributed by atoms with Crippen LogP contribution in [0.25, 0.3) is 0 Å². The number of aryl methyl sites for hydroxylation is 1. The number of hydrogen-bond acceptors (Lipinski definition) is 4. The quantitative estimate of drug-likeness (QED) is 0.870. The third kappa shape index (κ3) is 2.20. The smallest absolute Gasteiger partial charge is 0.180 e. The molecule has 2 aromatic rings. The summed E-state index contributed by atoms with van der Waals surface area (Å²) in [4.78, 5) is 5.62. The summed E-state index contributed by atoms with van der Waals surface area (Å²) in [5, 5.41) is 10.2. The Morgan fingerprint density at radius 1 is 1.47 bits per heavy atom. The van der Waals surface area contributed by atoms with Crippen molar-refractivity contribution in [3.8, 4) is 6.07 Å². The van der Waals surface area contributed by atoms with Gasteiger partial charge < -0.3 is 5.73 Å². The van der Waals surface area contributed by atoms with E-state index >= 15 is 0 Å². The summed E-state index contributed by atoms with van der Waals surface area (Å²) >= 11 is 7.87. The Bertz CT molecular complexity index is 672. The van der Waals surface area contributed by atoms with Crippen molar-refractivity contribution in [2.24, 2.45) is 0 Å². The standard InChI is InChI=1S/C14H12ClN3S/c15-11-6-8(7-16)4-5-9(11)10-2-1-3-12-13(10)19-14(17)18-12/h4-6,10H,1-3H2,(H2,17,18). The summed E-state index contributed by atoms with van der Waals surface area (Å²) in [5.41, 5.74) is 8.59. The first kappa shape index (κ1) is 12.5. The zero-order valence-corrected chi connectivity index (χ0v) is 11.8. The van der Waals surface area contributed by atoms with E-state index in [9.17, 15) is 0 Å². The first-order valence-corrected chi connectivity index (χ1v) is 7.33. The van der Waals surface area contributed by atoms with Gasteiger partial charge in [-0.1, -0.05) is 17.7 Å². The summed E-state index contributed by atoms with van der Waals surface area (Å²) in [6.45, 7) is 0. The molecule has 1 aromatic heterocycles. The Kier molecular flexibility index (Phi) is 3.17. The van der Waals surface area contributed by atoms with Crippen molar-refractivity contribution < 1.29 is 0 Å². The second-order valence-corrected chi connectivity index (χ2v) is 6.13. The zero-order valence-electron chi connectivity index (χ0n) is 10.2. The van der Waals surface area contributed by atoms with Crippen molar-refractivity contribution in [3.05, 3.63) is 44.9 Å². The van der Waals surface area contributed by atoms with Crippen LogP contribution in [0.15, 0.2) is 18.2 Å². The molecule has 1 heterocycles. The average molecular weight is 290 g/mol. The van der Waals surface area contributed by atoms with E-state index in [0.29, 0.717) is 15.7 Å². The molecule has 0 radical (unpaired) electrons. The first-order valence-electron chi connectivity index (χ1n) is 6.13. The third-order valence-corrected chi connectivity index (χ3v) is 4.84. The predicted octanol–water partition coefficient (Wildman–Crippen LogP) is 3.72. The lowest BCUT2D eigenvalue weighted by atomic mass is 9.86. The first-order chi connectivity index (χ1) is 9.19. The number of anilines is 1. The third-order valence-electron chi connectivity index (χ3n) is 3.47. The van der Waals surface area contributed by atoms with Crippen LogP contribution < -0.4 is 5.73 Å². The highest BCUT2D eigenvalue weighted by Crippen LogP contribution is 2.42. The van der Waals surface area contributed by atoms with Gasteiger partial charge >= 0.3 is 0 Å². The molecule has 1 aliphatic carbocycles. The van der Waals surface area contributed by atoms with Gasteiger partial charge in [-0.15, -0.1) is 11.3 Å². The number of halogens is 1. The fraction of sp³-hybridized carbons (Fsp3) is 0.286. The molecule has 1 unspecified atom stereocenters. The van der Waals surface area contributed by atoms with Crippen LogP contribution in [0.2, 0.25) is 5.02 Å². The highest BCUT2D eigenvalue weighted by atomic mass is 35.5. The molecular weight excluding hydrogens is 278 g/mol. The Morgan fingerprint density at radius 3 is 3.05 bits per heavy atom. The molecule has 1 aliphatic rings. The van der Waals surface area contributed by atoms with E-state index in [-0.39, 0.29) is 5.92 Å². The fourth-order valence-electron chi connectivity index (χ4n) is 2.61. The van der Waals surface area contributed by atoms with Crippen LogP contribution in [0.3, 0.4) is 0 Å². The Morgan fingerprint density at radius 2 is 2.32 bits per heavy atom. The zero-order chi connectivity index (χ0) is 13.4. The molecular formula is C14H12ClN3S. The van der Waals surface area contributed by atoms with Crippen LogP contribution in [0, 0.1) is 11.3 Å². The molecule has 0 saturated heterocycles. The van der Waals surface area contributed by atoms with Gasteiger partial charge in [-0.25, -0.2) is 4.98 Å². The lowest BCUT2D eigenvalue weighted by Gasteiger charge is -2.22. The average Bonchev–Trinajstić information content (AvgIpc) is 2.78. The number of fused-ring (bicyclic) bond motifs is 1. The SMILES string of the molecule is N#Cc1ccc(C2CCCc3nc(N)sc32)c(Cl)c1. The van der Waals surface area contributed by atoms with Crippen LogP contribution >= 0.6 is 22.9 Å². The van der Waals surface area contributed by atoms with Crippen molar-refractivity contribution >= 4 is 28.1 Å². The van der Waals surface area contributed by atoms with Crippen molar-refractivity contribution in [2.75, 3.05) is 5.73 Å². The number of nitrogens with two attached hydrogens (primary N) is 1. The van der Waals surface area contributed by atoms with Gasteiger partial charge in [-0.2, -0.15) is 5.26 Å². The van der Waals surface area contributed by atoms with Crippen LogP contribution in [-0.2, 0) is 6.42 Å². The van der Waals surface area contributed by atoms with E-state index in [1.165, 1.54) is 4.88 Å². The maximum Gasteiger partial charge on any atom is 0.180 e. The molecule has 3 nitrogen and oxygen atoms in total. The lowest BCUT2D eigenvalue weighted by molar-refractivity contribution is 0.617. The van der Waals surface area contributed by atoms with Gasteiger partial charge in [0.2, 0.25) is 0 Å². The van der Waals surface area contributed by atoms with Crippen LogP contribution in [-0.4, -0.2) is 4.98 Å². The lowest BCUT2D eigenvalue weighted by Crippen LogP contribution is -2.09. The van der Waals surface area contributed by atoms with Crippen molar-refractivity contribution in [3.63, 3.8) is 0 Å². The molecule has 3 rings (SSSR count). The maximum absolute atomic E-state index is 8.89. The predicted molar refractivity (Wildman–Crippen MR) is 77.5 cm³/mol. The number of nitriles is 1. The van der Waals surface area contributed by atoms with Gasteiger partial charge in [0.15, 0.2) is 5.13 Å². The molecule has 0 spiro atoms. The molecule has 1 atom stereocenters. The second-order valence-electron chi connectivity index (χ2n) is 4.66. The molecule has 5 heteroatoms. The Labute approximate surface area is 120 Å². The van der Waals surface area contributed by atoms with Gasteiger partial charge in [-0.05, 0) is 37.0 Å². The second kappa shape index (κ2) is 4.84. The number of nitrogen functional groups attached to an aromatic ring is 1. The van der Waals surface area contributed by atoms with Crippen molar-refractivity contribution in [2.45, 2.75) is 25.2 Å². The number of benzene rings is 1. The molecule has 96 valence electrons. The number of aromatic nitrogens is 1. The van der Waals surface area contributed by atoms with Gasteiger partial charge in [0.1, 0.15) is 0 Å². The number of rotatable bonds is 1. The monoisotopic (exact) mass is 289 g/mol. The van der Waals surface area contributed by atoms with E-state index < -0.39 is 0 Å². The van der Waals surface area contributed by atoms with E-state index in [2.05, 4.69) is 11.1 Å². The minimum absolute atomic E-state index is 0.263. The minimum atomic E-state index is 0.263. The molecule has 0 aliphatic heterocycles. The van der Waals surface area contributed by atoms with Gasteiger partial charge in [0, 0.05) is 15.8 Å².